The lowest BCUT2D eigenvalue weighted by Crippen LogP contribution is -2.13. The van der Waals surface area contributed by atoms with Crippen LogP contribution in [0.15, 0.2) is 24.3 Å². The number of carbonyl (C=O) groups is 2. The van der Waals surface area contributed by atoms with Crippen molar-refractivity contribution < 1.29 is 19.1 Å². The number of ether oxygens (including phenoxy) is 2. The molecule has 1 aromatic rings. The van der Waals surface area contributed by atoms with Crippen molar-refractivity contribution in [3.63, 3.8) is 0 Å². The Labute approximate surface area is 94.2 Å². The molecular weight excluding hydrogens is 208 g/mol. The highest BCUT2D eigenvalue weighted by atomic mass is 16.5. The van der Waals surface area contributed by atoms with E-state index >= 15 is 0 Å². The van der Waals surface area contributed by atoms with Gasteiger partial charge in [0.05, 0.1) is 24.8 Å². The summed E-state index contributed by atoms with van der Waals surface area (Å²) in [7, 11) is 1.27. The van der Waals surface area contributed by atoms with Gasteiger partial charge in [-0.15, -0.1) is 0 Å². The van der Waals surface area contributed by atoms with E-state index in [0.717, 1.165) is 6.42 Å². The Balaban J connectivity index is 2.94. The predicted octanol–water partition coefficient (Wildman–Crippen LogP) is 2.04. The minimum Gasteiger partial charge on any atom is -0.465 e. The maximum absolute atomic E-state index is 11.6. The normalized spacial score (nSPS) is 9.62. The Morgan fingerprint density at radius 2 is 1.69 bits per heavy atom. The highest BCUT2D eigenvalue weighted by molar-refractivity contribution is 6.03. The van der Waals surface area contributed by atoms with Crippen molar-refractivity contribution in [3.8, 4) is 0 Å². The minimum atomic E-state index is -0.538. The van der Waals surface area contributed by atoms with Gasteiger partial charge in [-0.05, 0) is 18.6 Å². The highest BCUT2D eigenvalue weighted by Crippen LogP contribution is 2.11. The van der Waals surface area contributed by atoms with Crippen molar-refractivity contribution in [2.75, 3.05) is 13.7 Å². The van der Waals surface area contributed by atoms with E-state index in [1.54, 1.807) is 18.2 Å². The summed E-state index contributed by atoms with van der Waals surface area (Å²) in [4.78, 5) is 23.0. The van der Waals surface area contributed by atoms with E-state index in [0.29, 0.717) is 6.61 Å². The van der Waals surface area contributed by atoms with Gasteiger partial charge in [0, 0.05) is 0 Å². The molecule has 0 amide bonds. The predicted molar refractivity (Wildman–Crippen MR) is 58.4 cm³/mol. The maximum atomic E-state index is 11.6. The van der Waals surface area contributed by atoms with E-state index in [1.165, 1.54) is 13.2 Å². The van der Waals surface area contributed by atoms with Crippen molar-refractivity contribution in [2.24, 2.45) is 0 Å². The zero-order chi connectivity index (χ0) is 12.0. The summed E-state index contributed by atoms with van der Waals surface area (Å²) in [5.74, 6) is -1.04. The fraction of sp³-hybridized carbons (Fsp3) is 0.333. The fourth-order valence-corrected chi connectivity index (χ4v) is 1.22. The number of rotatable bonds is 4. The summed E-state index contributed by atoms with van der Waals surface area (Å²) in [6.07, 6.45) is 0.742. The molecule has 0 spiro atoms. The molecule has 86 valence electrons. The summed E-state index contributed by atoms with van der Waals surface area (Å²) in [5, 5.41) is 0. The summed E-state index contributed by atoms with van der Waals surface area (Å²) >= 11 is 0. The quantitative estimate of drug-likeness (QED) is 0.731. The van der Waals surface area contributed by atoms with Crippen LogP contribution in [-0.2, 0) is 9.47 Å². The third kappa shape index (κ3) is 2.82. The second kappa shape index (κ2) is 5.90. The second-order valence-corrected chi connectivity index (χ2v) is 3.17. The van der Waals surface area contributed by atoms with Gasteiger partial charge in [0.25, 0.3) is 0 Å². The minimum absolute atomic E-state index is 0.228. The van der Waals surface area contributed by atoms with Crippen LogP contribution in [0.1, 0.15) is 34.1 Å². The molecule has 0 N–H and O–H groups in total. The molecule has 0 atom stereocenters. The fourth-order valence-electron chi connectivity index (χ4n) is 1.22. The number of hydrogen-bond donors (Lipinski definition) is 0. The summed E-state index contributed by atoms with van der Waals surface area (Å²) in [5.41, 5.74) is 0.467. The lowest BCUT2D eigenvalue weighted by molar-refractivity contribution is 0.0486. The topological polar surface area (TPSA) is 52.6 Å². The average molecular weight is 222 g/mol. The van der Waals surface area contributed by atoms with Crippen molar-refractivity contribution in [1.29, 1.82) is 0 Å². The van der Waals surface area contributed by atoms with Crippen LogP contribution in [0.5, 0.6) is 0 Å². The highest BCUT2D eigenvalue weighted by Gasteiger charge is 2.17. The number of hydrogen-bond acceptors (Lipinski definition) is 4. The molecule has 1 aromatic carbocycles. The molecule has 4 heteroatoms. The van der Waals surface area contributed by atoms with Crippen LogP contribution in [0.4, 0.5) is 0 Å². The average Bonchev–Trinajstić information content (AvgIpc) is 2.35. The van der Waals surface area contributed by atoms with Crippen molar-refractivity contribution in [2.45, 2.75) is 13.3 Å². The molecule has 0 radical (unpaired) electrons. The van der Waals surface area contributed by atoms with Crippen LogP contribution < -0.4 is 0 Å². The number of methoxy groups -OCH3 is 1. The van der Waals surface area contributed by atoms with Crippen LogP contribution in [0, 0.1) is 0 Å². The molecule has 0 aliphatic rings. The third-order valence-electron chi connectivity index (χ3n) is 1.99. The van der Waals surface area contributed by atoms with Gasteiger partial charge < -0.3 is 9.47 Å². The Kier molecular flexibility index (Phi) is 4.51. The molecule has 0 heterocycles. The van der Waals surface area contributed by atoms with E-state index in [1.807, 2.05) is 6.92 Å². The number of carbonyl (C=O) groups excluding carboxylic acids is 2. The smallest absolute Gasteiger partial charge is 0.339 e. The van der Waals surface area contributed by atoms with Gasteiger partial charge in [0.15, 0.2) is 0 Å². The van der Waals surface area contributed by atoms with E-state index in [4.69, 9.17) is 4.74 Å². The van der Waals surface area contributed by atoms with Gasteiger partial charge in [-0.3, -0.25) is 0 Å². The molecule has 0 fully saturated rings. The molecule has 4 nitrogen and oxygen atoms in total. The molecule has 1 rings (SSSR count). The SMILES string of the molecule is CCCOC(=O)c1ccccc1C(=O)OC. The summed E-state index contributed by atoms with van der Waals surface area (Å²) in [6, 6.07) is 6.43. The van der Waals surface area contributed by atoms with Gasteiger partial charge in [0.2, 0.25) is 0 Å². The van der Waals surface area contributed by atoms with Crippen molar-refractivity contribution >= 4 is 11.9 Å². The first-order valence-electron chi connectivity index (χ1n) is 5.05. The second-order valence-electron chi connectivity index (χ2n) is 3.17. The summed E-state index contributed by atoms with van der Waals surface area (Å²) in [6.45, 7) is 2.24. The first kappa shape index (κ1) is 12.2. The largest absolute Gasteiger partial charge is 0.465 e. The molecule has 0 aromatic heterocycles. The zero-order valence-electron chi connectivity index (χ0n) is 9.36. The Bertz CT molecular complexity index is 384. The lowest BCUT2D eigenvalue weighted by atomic mass is 10.1. The molecule has 0 saturated carbocycles. The van der Waals surface area contributed by atoms with E-state index in [9.17, 15) is 9.59 Å². The molecule has 0 bridgehead atoms. The molecule has 0 aliphatic carbocycles. The van der Waals surface area contributed by atoms with E-state index in [2.05, 4.69) is 4.74 Å². The van der Waals surface area contributed by atoms with Gasteiger partial charge >= 0.3 is 11.9 Å². The van der Waals surface area contributed by atoms with Crippen molar-refractivity contribution in [3.05, 3.63) is 35.4 Å². The summed E-state index contributed by atoms with van der Waals surface area (Å²) < 4.78 is 9.55. The number of esters is 2. The van der Waals surface area contributed by atoms with Crippen LogP contribution >= 0.6 is 0 Å². The monoisotopic (exact) mass is 222 g/mol. The standard InChI is InChI=1S/C12H14O4/c1-3-8-16-12(14)10-7-5-4-6-9(10)11(13)15-2/h4-7H,3,8H2,1-2H3. The van der Waals surface area contributed by atoms with Crippen LogP contribution in [0.2, 0.25) is 0 Å². The van der Waals surface area contributed by atoms with Crippen LogP contribution in [0.3, 0.4) is 0 Å². The van der Waals surface area contributed by atoms with Crippen LogP contribution in [0.25, 0.3) is 0 Å². The molecule has 0 aliphatic heterocycles. The van der Waals surface area contributed by atoms with Gasteiger partial charge in [-0.2, -0.15) is 0 Å². The van der Waals surface area contributed by atoms with Gasteiger partial charge in [-0.25, -0.2) is 9.59 Å². The van der Waals surface area contributed by atoms with E-state index in [-0.39, 0.29) is 11.1 Å². The molecular formula is C12H14O4. The van der Waals surface area contributed by atoms with Gasteiger partial charge in [-0.1, -0.05) is 19.1 Å². The Morgan fingerprint density at radius 3 is 2.19 bits per heavy atom. The van der Waals surface area contributed by atoms with Crippen molar-refractivity contribution in [1.82, 2.24) is 0 Å². The van der Waals surface area contributed by atoms with Crippen LogP contribution in [-0.4, -0.2) is 25.7 Å². The first-order valence-corrected chi connectivity index (χ1v) is 5.05. The third-order valence-corrected chi connectivity index (χ3v) is 1.99. The number of benzene rings is 1. The zero-order valence-corrected chi connectivity index (χ0v) is 9.36. The maximum Gasteiger partial charge on any atom is 0.339 e. The van der Waals surface area contributed by atoms with E-state index < -0.39 is 11.9 Å². The molecule has 0 saturated heterocycles. The van der Waals surface area contributed by atoms with Gasteiger partial charge in [0.1, 0.15) is 0 Å². The lowest BCUT2D eigenvalue weighted by Gasteiger charge is -2.07. The molecule has 16 heavy (non-hydrogen) atoms. The molecule has 0 unspecified atom stereocenters. The first-order chi connectivity index (χ1) is 7.70. The Hall–Kier alpha value is -1.84. The Morgan fingerprint density at radius 1 is 1.12 bits per heavy atom.